The molecule has 3 aromatic rings. The van der Waals surface area contributed by atoms with Crippen molar-refractivity contribution in [3.8, 4) is 0 Å². The Hall–Kier alpha value is -3.70. The summed E-state index contributed by atoms with van der Waals surface area (Å²) in [6.45, 7) is 5.76. The fraction of sp³-hybridized carbons (Fsp3) is 0.353. The van der Waals surface area contributed by atoms with Crippen molar-refractivity contribution in [3.63, 3.8) is 0 Å². The van der Waals surface area contributed by atoms with E-state index in [9.17, 15) is 19.2 Å². The van der Waals surface area contributed by atoms with Crippen molar-refractivity contribution in [2.24, 2.45) is 0 Å². The Kier molecular flexibility index (Phi) is 10.3. The molecule has 0 spiro atoms. The molecule has 236 valence electrons. The van der Waals surface area contributed by atoms with Gasteiger partial charge in [0.05, 0.1) is 37.8 Å². The molecule has 11 heteroatoms. The smallest absolute Gasteiger partial charge is 0.355 e. The minimum Gasteiger partial charge on any atom is -0.466 e. The van der Waals surface area contributed by atoms with Crippen LogP contribution in [0.4, 0.5) is 5.69 Å². The highest BCUT2D eigenvalue weighted by molar-refractivity contribution is 9.11. The zero-order valence-electron chi connectivity index (χ0n) is 25.3. The molecule has 0 radical (unpaired) electrons. The van der Waals surface area contributed by atoms with Gasteiger partial charge in [0.1, 0.15) is 5.69 Å². The van der Waals surface area contributed by atoms with E-state index < -0.39 is 23.8 Å². The molecule has 2 N–H and O–H groups in total. The van der Waals surface area contributed by atoms with Gasteiger partial charge in [-0.1, -0.05) is 51.8 Å². The lowest BCUT2D eigenvalue weighted by Crippen LogP contribution is -2.21. The average Bonchev–Trinajstić information content (AvgIpc) is 3.63. The summed E-state index contributed by atoms with van der Waals surface area (Å²) in [5.41, 5.74) is 6.50. The van der Waals surface area contributed by atoms with Crippen LogP contribution in [0.3, 0.4) is 0 Å². The number of benzene rings is 2. The Bertz CT molecular complexity index is 1690. The molecule has 0 saturated carbocycles. The van der Waals surface area contributed by atoms with Crippen LogP contribution in [0, 0.1) is 0 Å². The van der Waals surface area contributed by atoms with Crippen LogP contribution < -0.4 is 5.32 Å². The fourth-order valence-electron chi connectivity index (χ4n) is 6.29. The molecule has 0 fully saturated rings. The summed E-state index contributed by atoms with van der Waals surface area (Å²) in [7, 11) is 0. The minimum absolute atomic E-state index is 0.0207. The number of allylic oxidation sites excluding steroid dienone is 1. The molecule has 1 aliphatic carbocycles. The first-order chi connectivity index (χ1) is 21.7. The van der Waals surface area contributed by atoms with Gasteiger partial charge in [-0.3, -0.25) is 14.4 Å². The second-order valence-electron chi connectivity index (χ2n) is 10.8. The Morgan fingerprint density at radius 2 is 1.58 bits per heavy atom. The number of rotatable bonds is 12. The average molecular weight is 742 g/mol. The molecule has 1 aromatic heterocycles. The van der Waals surface area contributed by atoms with Crippen LogP contribution >= 0.6 is 31.9 Å². The number of ether oxygens (including phenoxy) is 3. The number of hydrogen-bond acceptors (Lipinski definition) is 7. The number of anilines is 1. The molecule has 45 heavy (non-hydrogen) atoms. The third kappa shape index (κ3) is 6.79. The van der Waals surface area contributed by atoms with Gasteiger partial charge in [0.25, 0.3) is 0 Å². The lowest BCUT2D eigenvalue weighted by atomic mass is 9.78. The molecule has 9 nitrogen and oxygen atoms in total. The molecule has 1 amide bonds. The van der Waals surface area contributed by atoms with Crippen molar-refractivity contribution in [3.05, 3.63) is 90.1 Å². The van der Waals surface area contributed by atoms with Crippen LogP contribution in [-0.4, -0.2) is 48.6 Å². The molecule has 2 aromatic carbocycles. The zero-order valence-corrected chi connectivity index (χ0v) is 28.4. The first-order valence-corrected chi connectivity index (χ1v) is 16.5. The maximum atomic E-state index is 13.6. The highest BCUT2D eigenvalue weighted by Crippen LogP contribution is 2.52. The van der Waals surface area contributed by atoms with Crippen molar-refractivity contribution in [2.45, 2.75) is 58.3 Å². The molecule has 2 atom stereocenters. The molecule has 0 saturated heterocycles. The summed E-state index contributed by atoms with van der Waals surface area (Å²) >= 11 is 7.17. The van der Waals surface area contributed by atoms with Crippen LogP contribution in [0.1, 0.15) is 83.0 Å². The number of amides is 1. The number of carbonyl (C=O) groups is 4. The summed E-state index contributed by atoms with van der Waals surface area (Å²) < 4.78 is 17.4. The number of aromatic amines is 1. The molecule has 1 aliphatic heterocycles. The van der Waals surface area contributed by atoms with Crippen LogP contribution in [0.5, 0.6) is 0 Å². The quantitative estimate of drug-likeness (QED) is 0.155. The summed E-state index contributed by atoms with van der Waals surface area (Å²) in [5, 5.41) is 3.06. The zero-order chi connectivity index (χ0) is 32.2. The van der Waals surface area contributed by atoms with Gasteiger partial charge < -0.3 is 24.5 Å². The van der Waals surface area contributed by atoms with Crippen LogP contribution in [0.15, 0.2) is 50.9 Å². The molecule has 5 rings (SSSR count). The van der Waals surface area contributed by atoms with E-state index in [1.165, 1.54) is 0 Å². The first-order valence-electron chi connectivity index (χ1n) is 15.0. The Morgan fingerprint density at radius 1 is 0.867 bits per heavy atom. The van der Waals surface area contributed by atoms with Crippen molar-refractivity contribution in [1.29, 1.82) is 0 Å². The lowest BCUT2D eigenvalue weighted by molar-refractivity contribution is -0.143. The van der Waals surface area contributed by atoms with E-state index >= 15 is 0 Å². The van der Waals surface area contributed by atoms with Crippen molar-refractivity contribution < 1.29 is 33.4 Å². The molecule has 0 bridgehead atoms. The van der Waals surface area contributed by atoms with Gasteiger partial charge >= 0.3 is 17.9 Å². The highest BCUT2D eigenvalue weighted by atomic mass is 79.9. The molecular formula is C34H34Br2N2O7. The largest absolute Gasteiger partial charge is 0.466 e. The number of halogens is 2. The number of H-pyrrole nitrogens is 1. The van der Waals surface area contributed by atoms with E-state index in [0.717, 1.165) is 36.9 Å². The van der Waals surface area contributed by atoms with Crippen LogP contribution in [-0.2, 0) is 47.9 Å². The maximum Gasteiger partial charge on any atom is 0.355 e. The lowest BCUT2D eigenvalue weighted by Gasteiger charge is -2.23. The second-order valence-corrected chi connectivity index (χ2v) is 12.5. The topological polar surface area (TPSA) is 124 Å². The van der Waals surface area contributed by atoms with Gasteiger partial charge in [-0.05, 0) is 83.1 Å². The van der Waals surface area contributed by atoms with Crippen molar-refractivity contribution >= 4 is 67.4 Å². The summed E-state index contributed by atoms with van der Waals surface area (Å²) in [6.07, 6.45) is 2.48. The van der Waals surface area contributed by atoms with Gasteiger partial charge in [-0.2, -0.15) is 0 Å². The van der Waals surface area contributed by atoms with E-state index in [2.05, 4.69) is 48.2 Å². The number of hydrogen-bond donors (Lipinski definition) is 2. The van der Waals surface area contributed by atoms with Crippen LogP contribution in [0.25, 0.3) is 6.08 Å². The predicted octanol–water partition coefficient (Wildman–Crippen LogP) is 6.78. The molecular weight excluding hydrogens is 708 g/mol. The van der Waals surface area contributed by atoms with Gasteiger partial charge in [0.2, 0.25) is 5.91 Å². The molecule has 2 heterocycles. The highest BCUT2D eigenvalue weighted by Gasteiger charge is 2.43. The number of esters is 3. The number of carbonyl (C=O) groups excluding carboxylic acids is 4. The Labute approximate surface area is 278 Å². The van der Waals surface area contributed by atoms with Gasteiger partial charge in [0, 0.05) is 33.4 Å². The molecule has 2 unspecified atom stereocenters. The molecule has 2 aliphatic rings. The summed E-state index contributed by atoms with van der Waals surface area (Å²) in [4.78, 5) is 55.3. The third-order valence-electron chi connectivity index (χ3n) is 8.03. The van der Waals surface area contributed by atoms with E-state index in [1.54, 1.807) is 20.8 Å². The Balaban J connectivity index is 1.61. The second kappa shape index (κ2) is 14.2. The maximum absolute atomic E-state index is 13.6. The van der Waals surface area contributed by atoms with Gasteiger partial charge in [-0.15, -0.1) is 0 Å². The van der Waals surface area contributed by atoms with E-state index in [1.807, 2.05) is 36.4 Å². The van der Waals surface area contributed by atoms with Crippen LogP contribution in [0.2, 0.25) is 0 Å². The normalized spacial score (nSPS) is 16.5. The van der Waals surface area contributed by atoms with E-state index in [0.29, 0.717) is 23.2 Å². The van der Waals surface area contributed by atoms with Crippen molar-refractivity contribution in [1.82, 2.24) is 4.98 Å². The standard InChI is InChI=1S/C34H34Br2N2O7/c1-4-43-27(39)12-11-22-23(17-28(40)44-5-2)26(37-32(22)34(42)45-6-3)14-19-13-18-9-7-8-10-21(18)29(19)30-24-15-20(35)16-25(36)31(24)38-33(30)41/h7-10,13,15-16,29-30,37H,4-6,11-12,14,17H2,1-3H3,(H,38,41). The van der Waals surface area contributed by atoms with Crippen molar-refractivity contribution in [2.75, 3.05) is 25.1 Å². The number of nitrogens with one attached hydrogen (secondary N) is 2. The fourth-order valence-corrected chi connectivity index (χ4v) is 7.64. The van der Waals surface area contributed by atoms with Gasteiger partial charge in [-0.25, -0.2) is 4.79 Å². The number of aromatic nitrogens is 1. The number of fused-ring (bicyclic) bond motifs is 2. The summed E-state index contributed by atoms with van der Waals surface area (Å²) in [6, 6.07) is 11.8. The minimum atomic E-state index is -0.577. The first kappa shape index (κ1) is 32.7. The SMILES string of the molecule is CCOC(=O)CCc1c(C(=O)OCC)[nH]c(CC2=Cc3ccccc3C2C2C(=O)Nc3c(Br)cc(Br)cc32)c1CC(=O)OCC. The summed E-state index contributed by atoms with van der Waals surface area (Å²) in [5.74, 6) is -2.38. The van der Waals surface area contributed by atoms with Gasteiger partial charge in [0.15, 0.2) is 0 Å². The van der Waals surface area contributed by atoms with E-state index in [4.69, 9.17) is 14.2 Å². The predicted molar refractivity (Wildman–Crippen MR) is 176 cm³/mol. The Morgan fingerprint density at radius 3 is 2.31 bits per heavy atom. The third-order valence-corrected chi connectivity index (χ3v) is 9.12. The van der Waals surface area contributed by atoms with E-state index in [-0.39, 0.29) is 56.6 Å². The monoisotopic (exact) mass is 740 g/mol.